The van der Waals surface area contributed by atoms with E-state index in [0.29, 0.717) is 23.0 Å². The van der Waals surface area contributed by atoms with Gasteiger partial charge in [-0.3, -0.25) is 4.79 Å². The molecule has 2 heterocycles. The van der Waals surface area contributed by atoms with Gasteiger partial charge in [0.05, 0.1) is 12.7 Å². The molecular weight excluding hydrogens is 420 g/mol. The molecule has 2 aromatic heterocycles. The molecule has 0 aliphatic heterocycles. The number of carbonyl (C=O) groups is 1. The molecule has 2 aromatic carbocycles. The molecule has 4 aromatic rings. The number of thiazole rings is 1. The van der Waals surface area contributed by atoms with E-state index in [1.807, 2.05) is 24.3 Å². The second-order valence-corrected chi connectivity index (χ2v) is 8.53. The second-order valence-electron chi connectivity index (χ2n) is 7.67. The summed E-state index contributed by atoms with van der Waals surface area (Å²) in [5, 5.41) is 17.9. The summed E-state index contributed by atoms with van der Waals surface area (Å²) in [6.45, 7) is 0. The maximum atomic E-state index is 12.7. The van der Waals surface area contributed by atoms with Gasteiger partial charge in [0.15, 0.2) is 5.01 Å². The number of aryl methyl sites for hydroxylation is 1. The van der Waals surface area contributed by atoms with Crippen molar-refractivity contribution in [2.75, 3.05) is 5.32 Å². The minimum atomic E-state index is -0.196. The van der Waals surface area contributed by atoms with Crippen LogP contribution in [0.15, 0.2) is 53.9 Å². The van der Waals surface area contributed by atoms with Gasteiger partial charge in [0.1, 0.15) is 0 Å². The van der Waals surface area contributed by atoms with Gasteiger partial charge in [0, 0.05) is 33.7 Å². The summed E-state index contributed by atoms with van der Waals surface area (Å²) in [7, 11) is 1.71. The average molecular weight is 441 g/mol. The Balaban J connectivity index is 1.25. The number of nitrogens with one attached hydrogen (secondary N) is 1. The Bertz CT molecular complexity index is 1320. The molecule has 0 spiro atoms. The van der Waals surface area contributed by atoms with Crippen molar-refractivity contribution in [1.82, 2.24) is 25.2 Å². The highest BCUT2D eigenvalue weighted by Crippen LogP contribution is 2.36. The number of tetrazole rings is 1. The highest BCUT2D eigenvalue weighted by molar-refractivity contribution is 7.10. The molecular formula is C24H20N6OS. The molecule has 0 bridgehead atoms. The maximum absolute atomic E-state index is 12.7. The summed E-state index contributed by atoms with van der Waals surface area (Å²) >= 11 is 1.59. The summed E-state index contributed by atoms with van der Waals surface area (Å²) in [4.78, 5) is 18.7. The van der Waals surface area contributed by atoms with Crippen molar-refractivity contribution in [3.63, 3.8) is 0 Å². The van der Waals surface area contributed by atoms with Gasteiger partial charge >= 0.3 is 0 Å². The highest BCUT2D eigenvalue weighted by Gasteiger charge is 2.21. The summed E-state index contributed by atoms with van der Waals surface area (Å²) < 4.78 is 0. The van der Waals surface area contributed by atoms with Crippen LogP contribution in [0.2, 0.25) is 0 Å². The lowest BCUT2D eigenvalue weighted by Gasteiger charge is -2.22. The van der Waals surface area contributed by atoms with Gasteiger partial charge < -0.3 is 5.32 Å². The van der Waals surface area contributed by atoms with Gasteiger partial charge in [-0.05, 0) is 54.3 Å². The topological polar surface area (TPSA) is 85.6 Å². The molecule has 1 N–H and O–H groups in total. The lowest BCUT2D eigenvalue weighted by atomic mass is 9.83. The molecule has 7 nitrogen and oxygen atoms in total. The monoisotopic (exact) mass is 440 g/mol. The zero-order valence-electron chi connectivity index (χ0n) is 17.4. The zero-order chi connectivity index (χ0) is 21.9. The molecule has 158 valence electrons. The van der Waals surface area contributed by atoms with Crippen LogP contribution in [0.3, 0.4) is 0 Å². The normalized spacial score (nSPS) is 13.2. The SMILES string of the molecule is Cn1nnc(-c2ccc(C(=O)Nc3cccc(C#Cc4nc(C5CCC5)cs4)c3)cc2)n1. The molecule has 1 aliphatic rings. The van der Waals surface area contributed by atoms with Crippen LogP contribution in [-0.2, 0) is 7.05 Å². The molecule has 8 heteroatoms. The van der Waals surface area contributed by atoms with E-state index >= 15 is 0 Å². The fourth-order valence-electron chi connectivity index (χ4n) is 3.41. The lowest BCUT2D eigenvalue weighted by molar-refractivity contribution is 0.102. The van der Waals surface area contributed by atoms with E-state index in [1.54, 1.807) is 42.6 Å². The van der Waals surface area contributed by atoms with Crippen molar-refractivity contribution in [3.05, 3.63) is 75.7 Å². The number of benzene rings is 2. The third-order valence-electron chi connectivity index (χ3n) is 5.39. The van der Waals surface area contributed by atoms with Gasteiger partial charge in [-0.15, -0.1) is 21.5 Å². The number of hydrogen-bond donors (Lipinski definition) is 1. The molecule has 1 aliphatic carbocycles. The van der Waals surface area contributed by atoms with E-state index in [1.165, 1.54) is 29.8 Å². The molecule has 1 amide bonds. The Hall–Kier alpha value is -3.83. The van der Waals surface area contributed by atoms with Crippen LogP contribution in [0.5, 0.6) is 0 Å². The van der Waals surface area contributed by atoms with Gasteiger partial charge in [-0.1, -0.05) is 30.5 Å². The molecule has 0 unspecified atom stereocenters. The van der Waals surface area contributed by atoms with Crippen LogP contribution in [-0.4, -0.2) is 31.1 Å². The lowest BCUT2D eigenvalue weighted by Crippen LogP contribution is -2.11. The van der Waals surface area contributed by atoms with Gasteiger partial charge in [-0.2, -0.15) is 4.80 Å². The first-order valence-corrected chi connectivity index (χ1v) is 11.3. The van der Waals surface area contributed by atoms with Gasteiger partial charge in [-0.25, -0.2) is 4.98 Å². The highest BCUT2D eigenvalue weighted by atomic mass is 32.1. The quantitative estimate of drug-likeness (QED) is 0.480. The summed E-state index contributed by atoms with van der Waals surface area (Å²) in [6, 6.07) is 14.6. The summed E-state index contributed by atoms with van der Waals surface area (Å²) in [5.41, 5.74) is 4.03. The number of carbonyl (C=O) groups excluding carboxylic acids is 1. The van der Waals surface area contributed by atoms with E-state index in [-0.39, 0.29) is 5.91 Å². The van der Waals surface area contributed by atoms with Gasteiger partial charge in [0.2, 0.25) is 5.82 Å². The van der Waals surface area contributed by atoms with E-state index < -0.39 is 0 Å². The van der Waals surface area contributed by atoms with Crippen molar-refractivity contribution < 1.29 is 4.79 Å². The van der Waals surface area contributed by atoms with Crippen molar-refractivity contribution in [3.8, 4) is 23.2 Å². The Morgan fingerprint density at radius 3 is 2.72 bits per heavy atom. The fraction of sp³-hybridized carbons (Fsp3) is 0.208. The standard InChI is InChI=1S/C24H20N6OS/c1-30-28-23(27-29-30)18-9-11-19(12-10-18)24(31)25-20-7-2-4-16(14-20)8-13-22-26-21(15-32-22)17-5-3-6-17/h2,4,7,9-12,14-15,17H,3,5-6H2,1H3,(H,25,31). The van der Waals surface area contributed by atoms with Crippen LogP contribution >= 0.6 is 11.3 Å². The van der Waals surface area contributed by atoms with Crippen LogP contribution < -0.4 is 5.32 Å². The van der Waals surface area contributed by atoms with Crippen LogP contribution in [0.1, 0.15) is 51.8 Å². The Morgan fingerprint density at radius 1 is 1.16 bits per heavy atom. The molecule has 0 radical (unpaired) electrons. The van der Waals surface area contributed by atoms with Crippen LogP contribution in [0.25, 0.3) is 11.4 Å². The number of anilines is 1. The van der Waals surface area contributed by atoms with Crippen molar-refractivity contribution in [2.45, 2.75) is 25.2 Å². The summed E-state index contributed by atoms with van der Waals surface area (Å²) in [6.07, 6.45) is 3.77. The zero-order valence-corrected chi connectivity index (χ0v) is 18.3. The number of aromatic nitrogens is 5. The smallest absolute Gasteiger partial charge is 0.255 e. The third kappa shape index (κ3) is 4.43. The number of amides is 1. The first-order valence-electron chi connectivity index (χ1n) is 10.4. The van der Waals surface area contributed by atoms with Crippen LogP contribution in [0.4, 0.5) is 5.69 Å². The molecule has 32 heavy (non-hydrogen) atoms. The molecule has 0 atom stereocenters. The third-order valence-corrected chi connectivity index (χ3v) is 6.17. The van der Waals surface area contributed by atoms with Crippen molar-refractivity contribution >= 4 is 22.9 Å². The first kappa shape index (κ1) is 20.1. The van der Waals surface area contributed by atoms with E-state index in [0.717, 1.165) is 16.1 Å². The van der Waals surface area contributed by atoms with E-state index in [9.17, 15) is 4.79 Å². The molecule has 0 saturated heterocycles. The van der Waals surface area contributed by atoms with Crippen molar-refractivity contribution in [2.24, 2.45) is 7.05 Å². The largest absolute Gasteiger partial charge is 0.322 e. The average Bonchev–Trinajstić information content (AvgIpc) is 3.41. The summed E-state index contributed by atoms with van der Waals surface area (Å²) in [5.74, 6) is 7.24. The predicted octanol–water partition coefficient (Wildman–Crippen LogP) is 4.25. The number of hydrogen-bond acceptors (Lipinski definition) is 6. The minimum Gasteiger partial charge on any atom is -0.322 e. The second kappa shape index (κ2) is 8.73. The predicted molar refractivity (Wildman–Crippen MR) is 123 cm³/mol. The number of nitrogens with zero attached hydrogens (tertiary/aromatic N) is 5. The molecule has 5 rings (SSSR count). The first-order chi connectivity index (χ1) is 15.6. The molecule has 1 saturated carbocycles. The Labute approximate surface area is 189 Å². The number of rotatable bonds is 4. The fourth-order valence-corrected chi connectivity index (χ4v) is 4.15. The van der Waals surface area contributed by atoms with Gasteiger partial charge in [0.25, 0.3) is 5.91 Å². The Kier molecular flexibility index (Phi) is 5.48. The van der Waals surface area contributed by atoms with E-state index in [4.69, 9.17) is 0 Å². The van der Waals surface area contributed by atoms with Crippen molar-refractivity contribution in [1.29, 1.82) is 0 Å². The minimum absolute atomic E-state index is 0.196. The van der Waals surface area contributed by atoms with E-state index in [2.05, 4.69) is 42.9 Å². The Morgan fingerprint density at radius 2 is 2.00 bits per heavy atom. The molecule has 1 fully saturated rings. The van der Waals surface area contributed by atoms with Crippen LogP contribution in [0, 0.1) is 11.8 Å². The maximum Gasteiger partial charge on any atom is 0.255 e.